The monoisotopic (exact) mass is 327 g/mol. The Hall–Kier alpha value is -2.27. The highest BCUT2D eigenvalue weighted by molar-refractivity contribution is 5.96. The topological polar surface area (TPSA) is 55.3 Å². The minimum atomic E-state index is 0.0107. The molecule has 24 heavy (non-hydrogen) atoms. The van der Waals surface area contributed by atoms with Crippen LogP contribution in [0.3, 0.4) is 0 Å². The van der Waals surface area contributed by atoms with Gasteiger partial charge in [-0.2, -0.15) is 0 Å². The molecule has 0 bridgehead atoms. The van der Waals surface area contributed by atoms with Crippen LogP contribution < -0.4 is 15.4 Å². The molecule has 1 aromatic carbocycles. The Balaban J connectivity index is 1.83. The first kappa shape index (κ1) is 16.6. The van der Waals surface area contributed by atoms with Crippen LogP contribution in [0, 0.1) is 13.8 Å². The third-order valence-corrected chi connectivity index (χ3v) is 4.64. The number of aryl methyl sites for hydroxylation is 1. The molecule has 0 spiro atoms. The molecule has 1 aromatic heterocycles. The lowest BCUT2D eigenvalue weighted by Gasteiger charge is -2.23. The van der Waals surface area contributed by atoms with Gasteiger partial charge in [-0.25, -0.2) is 0 Å². The lowest BCUT2D eigenvalue weighted by Crippen LogP contribution is -2.45. The summed E-state index contributed by atoms with van der Waals surface area (Å²) in [5, 5.41) is 6.48. The molecule has 1 atom stereocenters. The number of carbonyl (C=O) groups excluding carboxylic acids is 1. The normalized spacial score (nSPS) is 17.5. The Morgan fingerprint density at radius 1 is 1.29 bits per heavy atom. The van der Waals surface area contributed by atoms with Crippen molar-refractivity contribution in [2.45, 2.75) is 32.7 Å². The van der Waals surface area contributed by atoms with Gasteiger partial charge in [0, 0.05) is 29.7 Å². The highest BCUT2D eigenvalue weighted by atomic mass is 16.5. The average molecular weight is 327 g/mol. The lowest BCUT2D eigenvalue weighted by molar-refractivity contribution is 0.0930. The Morgan fingerprint density at radius 3 is 2.67 bits per heavy atom. The second kappa shape index (κ2) is 7.09. The van der Waals surface area contributed by atoms with Crippen molar-refractivity contribution in [2.75, 3.05) is 20.2 Å². The second-order valence-corrected chi connectivity index (χ2v) is 6.33. The molecule has 1 saturated heterocycles. The van der Waals surface area contributed by atoms with Crippen molar-refractivity contribution in [3.8, 4) is 11.4 Å². The van der Waals surface area contributed by atoms with E-state index in [-0.39, 0.29) is 11.9 Å². The summed E-state index contributed by atoms with van der Waals surface area (Å²) in [7, 11) is 1.66. The number of piperidine rings is 1. The molecular weight excluding hydrogens is 302 g/mol. The molecule has 1 unspecified atom stereocenters. The van der Waals surface area contributed by atoms with Crippen LogP contribution in [0.1, 0.15) is 34.6 Å². The molecule has 2 aromatic rings. The Kier molecular flexibility index (Phi) is 4.90. The molecule has 1 aliphatic rings. The summed E-state index contributed by atoms with van der Waals surface area (Å²) >= 11 is 0. The van der Waals surface area contributed by atoms with Gasteiger partial charge in [0.1, 0.15) is 5.75 Å². The number of nitrogens with zero attached hydrogens (tertiary/aromatic N) is 1. The van der Waals surface area contributed by atoms with Crippen LogP contribution in [-0.4, -0.2) is 36.7 Å². The summed E-state index contributed by atoms with van der Waals surface area (Å²) in [6, 6.07) is 10.1. The molecule has 0 saturated carbocycles. The fourth-order valence-corrected chi connectivity index (χ4v) is 3.36. The molecule has 1 amide bonds. The van der Waals surface area contributed by atoms with Crippen molar-refractivity contribution in [3.63, 3.8) is 0 Å². The minimum Gasteiger partial charge on any atom is -0.497 e. The van der Waals surface area contributed by atoms with Crippen LogP contribution >= 0.6 is 0 Å². The molecule has 2 heterocycles. The number of nitrogens with one attached hydrogen (secondary N) is 2. The van der Waals surface area contributed by atoms with Crippen molar-refractivity contribution in [2.24, 2.45) is 0 Å². The molecule has 0 aliphatic carbocycles. The van der Waals surface area contributed by atoms with E-state index >= 15 is 0 Å². The van der Waals surface area contributed by atoms with Gasteiger partial charge in [0.05, 0.1) is 12.7 Å². The highest BCUT2D eigenvalue weighted by Crippen LogP contribution is 2.23. The molecule has 5 nitrogen and oxygen atoms in total. The number of hydrogen-bond donors (Lipinski definition) is 2. The van der Waals surface area contributed by atoms with Crippen molar-refractivity contribution < 1.29 is 9.53 Å². The predicted molar refractivity (Wildman–Crippen MR) is 95.2 cm³/mol. The van der Waals surface area contributed by atoms with E-state index in [2.05, 4.69) is 15.2 Å². The number of aromatic nitrogens is 1. The third-order valence-electron chi connectivity index (χ3n) is 4.64. The van der Waals surface area contributed by atoms with Crippen LogP contribution in [0.5, 0.6) is 5.75 Å². The number of benzene rings is 1. The first-order valence-corrected chi connectivity index (χ1v) is 8.45. The maximum absolute atomic E-state index is 12.7. The van der Waals surface area contributed by atoms with E-state index in [0.717, 1.165) is 54.3 Å². The van der Waals surface area contributed by atoms with Crippen LogP contribution in [0.15, 0.2) is 30.3 Å². The summed E-state index contributed by atoms with van der Waals surface area (Å²) in [4.78, 5) is 12.7. The van der Waals surface area contributed by atoms with Crippen LogP contribution in [-0.2, 0) is 0 Å². The van der Waals surface area contributed by atoms with E-state index in [1.54, 1.807) is 7.11 Å². The van der Waals surface area contributed by atoms with Gasteiger partial charge < -0.3 is 19.9 Å². The SMILES string of the molecule is COc1ccc(-n2c(C)cc(C(=O)NC3CCCNC3)c2C)cc1. The number of amides is 1. The van der Waals surface area contributed by atoms with Gasteiger partial charge in [0.25, 0.3) is 5.91 Å². The van der Waals surface area contributed by atoms with Crippen molar-refractivity contribution in [1.29, 1.82) is 0 Å². The maximum Gasteiger partial charge on any atom is 0.253 e. The smallest absolute Gasteiger partial charge is 0.253 e. The summed E-state index contributed by atoms with van der Waals surface area (Å²) < 4.78 is 7.32. The Bertz CT molecular complexity index is 713. The van der Waals surface area contributed by atoms with Crippen molar-refractivity contribution in [1.82, 2.24) is 15.2 Å². The van der Waals surface area contributed by atoms with Gasteiger partial charge in [0.2, 0.25) is 0 Å². The molecule has 5 heteroatoms. The second-order valence-electron chi connectivity index (χ2n) is 6.33. The standard InChI is InChI=1S/C19H25N3O2/c1-13-11-18(19(23)21-15-5-4-10-20-12-15)14(2)22(13)16-6-8-17(24-3)9-7-16/h6-9,11,15,20H,4-5,10,12H2,1-3H3,(H,21,23). The number of ether oxygens (including phenoxy) is 1. The molecule has 1 fully saturated rings. The highest BCUT2D eigenvalue weighted by Gasteiger charge is 2.20. The van der Waals surface area contributed by atoms with Gasteiger partial charge in [-0.15, -0.1) is 0 Å². The number of hydrogen-bond acceptors (Lipinski definition) is 3. The van der Waals surface area contributed by atoms with Crippen LogP contribution in [0.25, 0.3) is 5.69 Å². The summed E-state index contributed by atoms with van der Waals surface area (Å²) in [5.41, 5.74) is 3.78. The van der Waals surface area contributed by atoms with Crippen LogP contribution in [0.2, 0.25) is 0 Å². The molecule has 2 N–H and O–H groups in total. The molecular formula is C19H25N3O2. The zero-order valence-electron chi connectivity index (χ0n) is 14.6. The summed E-state index contributed by atoms with van der Waals surface area (Å²) in [6.07, 6.45) is 2.14. The lowest BCUT2D eigenvalue weighted by atomic mass is 10.1. The van der Waals surface area contributed by atoms with Crippen molar-refractivity contribution >= 4 is 5.91 Å². The van der Waals surface area contributed by atoms with Crippen LogP contribution in [0.4, 0.5) is 0 Å². The van der Waals surface area contributed by atoms with Gasteiger partial charge in [-0.3, -0.25) is 4.79 Å². The fraction of sp³-hybridized carbons (Fsp3) is 0.421. The fourth-order valence-electron chi connectivity index (χ4n) is 3.36. The van der Waals surface area contributed by atoms with E-state index in [1.165, 1.54) is 0 Å². The van der Waals surface area contributed by atoms with Crippen molar-refractivity contribution in [3.05, 3.63) is 47.3 Å². The minimum absolute atomic E-state index is 0.0107. The zero-order chi connectivity index (χ0) is 17.1. The van der Waals surface area contributed by atoms with Gasteiger partial charge in [-0.05, 0) is 63.6 Å². The van der Waals surface area contributed by atoms with E-state index in [9.17, 15) is 4.79 Å². The molecule has 3 rings (SSSR count). The zero-order valence-corrected chi connectivity index (χ0v) is 14.6. The van der Waals surface area contributed by atoms with Gasteiger partial charge >= 0.3 is 0 Å². The van der Waals surface area contributed by atoms with E-state index in [4.69, 9.17) is 4.74 Å². The van der Waals surface area contributed by atoms with Gasteiger partial charge in [-0.1, -0.05) is 0 Å². The third kappa shape index (κ3) is 3.31. The Labute approximate surface area is 143 Å². The largest absolute Gasteiger partial charge is 0.497 e. The quantitative estimate of drug-likeness (QED) is 0.907. The Morgan fingerprint density at radius 2 is 2.04 bits per heavy atom. The number of carbonyl (C=O) groups is 1. The summed E-state index contributed by atoms with van der Waals surface area (Å²) in [6.45, 7) is 5.91. The summed E-state index contributed by atoms with van der Waals surface area (Å²) in [5.74, 6) is 0.834. The predicted octanol–water partition coefficient (Wildman–Crippen LogP) is 2.58. The van der Waals surface area contributed by atoms with E-state index < -0.39 is 0 Å². The number of methoxy groups -OCH3 is 1. The average Bonchev–Trinajstić information content (AvgIpc) is 2.90. The first-order chi connectivity index (χ1) is 11.6. The maximum atomic E-state index is 12.7. The van der Waals surface area contributed by atoms with Gasteiger partial charge in [0.15, 0.2) is 0 Å². The number of rotatable bonds is 4. The molecule has 128 valence electrons. The molecule has 1 aliphatic heterocycles. The molecule has 0 radical (unpaired) electrons. The first-order valence-electron chi connectivity index (χ1n) is 8.45. The van der Waals surface area contributed by atoms with E-state index in [0.29, 0.717) is 0 Å². The van der Waals surface area contributed by atoms with E-state index in [1.807, 2.05) is 44.2 Å².